The maximum Gasteiger partial charge on any atom is 0.335 e. The summed E-state index contributed by atoms with van der Waals surface area (Å²) in [7, 11) is 1.41. The number of aromatic nitrogens is 2. The van der Waals surface area contributed by atoms with Crippen LogP contribution >= 0.6 is 0 Å². The Kier molecular flexibility index (Phi) is 5.77. The van der Waals surface area contributed by atoms with Crippen LogP contribution in [0.4, 0.5) is 11.4 Å². The number of aromatic amines is 1. The Morgan fingerprint density at radius 2 is 2.00 bits per heavy atom. The first-order chi connectivity index (χ1) is 14.4. The zero-order chi connectivity index (χ0) is 21.8. The van der Waals surface area contributed by atoms with Gasteiger partial charge in [-0.3, -0.25) is 24.9 Å². The number of aliphatic imine (C=N–C) groups is 1. The van der Waals surface area contributed by atoms with Gasteiger partial charge < -0.3 is 9.84 Å². The highest BCUT2D eigenvalue weighted by molar-refractivity contribution is 5.84. The molecule has 10 heteroatoms. The number of nitrogens with one attached hydrogen (secondary N) is 1. The van der Waals surface area contributed by atoms with Gasteiger partial charge in [0.2, 0.25) is 5.88 Å². The summed E-state index contributed by atoms with van der Waals surface area (Å²) >= 11 is 0. The van der Waals surface area contributed by atoms with Crippen molar-refractivity contribution in [1.29, 1.82) is 0 Å². The van der Waals surface area contributed by atoms with Gasteiger partial charge in [-0.25, -0.2) is 9.36 Å². The highest BCUT2D eigenvalue weighted by Gasteiger charge is 2.17. The third kappa shape index (κ3) is 3.83. The molecule has 0 aliphatic rings. The molecular weight excluding hydrogens is 392 g/mol. The van der Waals surface area contributed by atoms with Crippen molar-refractivity contribution < 1.29 is 14.8 Å². The van der Waals surface area contributed by atoms with E-state index in [9.17, 15) is 24.8 Å². The van der Waals surface area contributed by atoms with Gasteiger partial charge in [-0.1, -0.05) is 19.1 Å². The number of rotatable bonds is 6. The maximum atomic E-state index is 12.3. The van der Waals surface area contributed by atoms with Gasteiger partial charge in [-0.05, 0) is 30.2 Å². The number of nitrogens with zero attached hydrogens (tertiary/aromatic N) is 3. The first-order valence-electron chi connectivity index (χ1n) is 8.90. The van der Waals surface area contributed by atoms with Gasteiger partial charge in [0.25, 0.3) is 11.2 Å². The lowest BCUT2D eigenvalue weighted by atomic mass is 10.1. The molecule has 1 heterocycles. The lowest BCUT2D eigenvalue weighted by Crippen LogP contribution is -2.31. The van der Waals surface area contributed by atoms with Crippen LogP contribution in [0.3, 0.4) is 0 Å². The molecule has 154 valence electrons. The molecule has 2 aromatic carbocycles. The van der Waals surface area contributed by atoms with E-state index in [0.717, 1.165) is 10.8 Å². The number of H-pyrrole nitrogens is 1. The van der Waals surface area contributed by atoms with Gasteiger partial charge in [-0.2, -0.15) is 0 Å². The number of non-ortho nitro benzene ring substituents is 1. The Morgan fingerprint density at radius 1 is 1.27 bits per heavy atom. The summed E-state index contributed by atoms with van der Waals surface area (Å²) < 4.78 is 6.12. The lowest BCUT2D eigenvalue weighted by Gasteiger charge is -2.13. The van der Waals surface area contributed by atoms with Crippen molar-refractivity contribution in [1.82, 2.24) is 9.55 Å². The second-order valence-electron chi connectivity index (χ2n) is 6.19. The largest absolute Gasteiger partial charge is 0.495 e. The predicted octanol–water partition coefficient (Wildman–Crippen LogP) is 2.46. The maximum absolute atomic E-state index is 12.3. The third-order valence-corrected chi connectivity index (χ3v) is 4.43. The molecule has 0 radical (unpaired) electrons. The van der Waals surface area contributed by atoms with Crippen LogP contribution < -0.4 is 16.0 Å². The first-order valence-corrected chi connectivity index (χ1v) is 8.90. The van der Waals surface area contributed by atoms with Crippen molar-refractivity contribution >= 4 is 17.6 Å². The fraction of sp³-hybridized carbons (Fsp3) is 0.150. The molecule has 3 aromatic rings. The Labute approximate surface area is 169 Å². The molecule has 0 aliphatic carbocycles. The summed E-state index contributed by atoms with van der Waals surface area (Å²) in [6.45, 7) is 1.81. The second-order valence-corrected chi connectivity index (χ2v) is 6.19. The van der Waals surface area contributed by atoms with Crippen molar-refractivity contribution in [3.8, 4) is 17.3 Å². The van der Waals surface area contributed by atoms with Crippen LogP contribution in [0.1, 0.15) is 18.1 Å². The van der Waals surface area contributed by atoms with E-state index in [-0.39, 0.29) is 16.9 Å². The fourth-order valence-electron chi connectivity index (χ4n) is 2.92. The molecule has 3 rings (SSSR count). The summed E-state index contributed by atoms with van der Waals surface area (Å²) in [4.78, 5) is 41.4. The number of hydrogen-bond acceptors (Lipinski definition) is 7. The summed E-state index contributed by atoms with van der Waals surface area (Å²) in [5.74, 6) is -0.301. The first kappa shape index (κ1) is 20.5. The van der Waals surface area contributed by atoms with Crippen LogP contribution in [0.15, 0.2) is 57.0 Å². The molecular formula is C20H18N4O6. The van der Waals surface area contributed by atoms with Gasteiger partial charge in [0.15, 0.2) is 0 Å². The number of methoxy groups -OCH3 is 1. The minimum absolute atomic E-state index is 0.0729. The number of benzene rings is 2. The molecule has 0 amide bonds. The van der Waals surface area contributed by atoms with Crippen LogP contribution in [0.25, 0.3) is 5.69 Å². The lowest BCUT2D eigenvalue weighted by molar-refractivity contribution is -0.384. The van der Waals surface area contributed by atoms with Crippen LogP contribution in [0, 0.1) is 10.1 Å². The second kappa shape index (κ2) is 8.43. The smallest absolute Gasteiger partial charge is 0.335 e. The molecule has 0 fully saturated rings. The third-order valence-electron chi connectivity index (χ3n) is 4.43. The average molecular weight is 410 g/mol. The molecule has 30 heavy (non-hydrogen) atoms. The quantitative estimate of drug-likeness (QED) is 0.363. The highest BCUT2D eigenvalue weighted by Crippen LogP contribution is 2.27. The molecule has 0 spiro atoms. The summed E-state index contributed by atoms with van der Waals surface area (Å²) in [6, 6.07) is 10.6. The van der Waals surface area contributed by atoms with Gasteiger partial charge >= 0.3 is 5.69 Å². The van der Waals surface area contributed by atoms with Crippen molar-refractivity contribution in [3.63, 3.8) is 0 Å². The monoisotopic (exact) mass is 410 g/mol. The Morgan fingerprint density at radius 3 is 2.67 bits per heavy atom. The summed E-state index contributed by atoms with van der Waals surface area (Å²) in [5, 5.41) is 21.6. The minimum Gasteiger partial charge on any atom is -0.495 e. The van der Waals surface area contributed by atoms with E-state index in [4.69, 9.17) is 4.74 Å². The standard InChI is InChI=1S/C20H18N4O6/c1-3-12-10-13(24(28)29)8-9-15(12)21-11-14-18(25)22-20(27)23(19(14)26)16-6-4-5-7-17(16)30-2/h4-11,26H,3H2,1-2H3,(H,22,25,27). The zero-order valence-corrected chi connectivity index (χ0v) is 16.2. The summed E-state index contributed by atoms with van der Waals surface area (Å²) in [5.41, 5.74) is -0.766. The SMILES string of the molecule is CCc1cc([N+](=O)[O-])ccc1N=Cc1c(O)n(-c2ccccc2OC)c(=O)[nH]c1=O. The van der Waals surface area contributed by atoms with E-state index in [1.807, 2.05) is 6.92 Å². The van der Waals surface area contributed by atoms with Crippen molar-refractivity contribution in [2.24, 2.45) is 4.99 Å². The molecule has 0 saturated heterocycles. The average Bonchev–Trinajstić information content (AvgIpc) is 2.73. The number of aromatic hydroxyl groups is 1. The van der Waals surface area contributed by atoms with Gasteiger partial charge in [-0.15, -0.1) is 0 Å². The van der Waals surface area contributed by atoms with Crippen molar-refractivity contribution in [3.05, 3.63) is 84.5 Å². The normalized spacial score (nSPS) is 11.0. The molecule has 1 aromatic heterocycles. The van der Waals surface area contributed by atoms with E-state index >= 15 is 0 Å². The molecule has 0 saturated carbocycles. The van der Waals surface area contributed by atoms with E-state index in [2.05, 4.69) is 9.98 Å². The fourth-order valence-corrected chi connectivity index (χ4v) is 2.92. The van der Waals surface area contributed by atoms with Crippen molar-refractivity contribution in [2.75, 3.05) is 7.11 Å². The van der Waals surface area contributed by atoms with Gasteiger partial charge in [0, 0.05) is 18.3 Å². The molecule has 0 aliphatic heterocycles. The molecule has 10 nitrogen and oxygen atoms in total. The van der Waals surface area contributed by atoms with Crippen LogP contribution in [-0.4, -0.2) is 32.9 Å². The minimum atomic E-state index is -0.844. The van der Waals surface area contributed by atoms with Crippen molar-refractivity contribution in [2.45, 2.75) is 13.3 Å². The number of hydrogen-bond donors (Lipinski definition) is 2. The number of nitro benzene ring substituents is 1. The molecule has 0 bridgehead atoms. The topological polar surface area (TPSA) is 140 Å². The van der Waals surface area contributed by atoms with E-state index < -0.39 is 22.1 Å². The van der Waals surface area contributed by atoms with Crippen LogP contribution in [-0.2, 0) is 6.42 Å². The number of ether oxygens (including phenoxy) is 1. The summed E-state index contributed by atoms with van der Waals surface area (Å²) in [6.07, 6.45) is 1.58. The predicted molar refractivity (Wildman–Crippen MR) is 111 cm³/mol. The molecule has 0 unspecified atom stereocenters. The van der Waals surface area contributed by atoms with Gasteiger partial charge in [0.05, 0.1) is 23.4 Å². The Hall–Kier alpha value is -4.21. The molecule has 0 atom stereocenters. The number of aryl methyl sites for hydroxylation is 1. The van der Waals surface area contributed by atoms with E-state index in [1.54, 1.807) is 24.3 Å². The van der Waals surface area contributed by atoms with Gasteiger partial charge in [0.1, 0.15) is 11.3 Å². The van der Waals surface area contributed by atoms with Crippen LogP contribution in [0.2, 0.25) is 0 Å². The van der Waals surface area contributed by atoms with Crippen LogP contribution in [0.5, 0.6) is 11.6 Å². The zero-order valence-electron chi connectivity index (χ0n) is 16.2. The Balaban J connectivity index is 2.13. The number of para-hydroxylation sites is 2. The van der Waals surface area contributed by atoms with E-state index in [0.29, 0.717) is 23.4 Å². The molecule has 2 N–H and O–H groups in total. The highest BCUT2D eigenvalue weighted by atomic mass is 16.6. The van der Waals surface area contributed by atoms with E-state index in [1.165, 1.54) is 25.3 Å². The number of nitro groups is 1. The Bertz CT molecular complexity index is 1260.